The first-order valence-electron chi connectivity index (χ1n) is 5.10. The number of hydrogen-bond donors (Lipinski definition) is 1. The molecule has 0 aromatic heterocycles. The summed E-state index contributed by atoms with van der Waals surface area (Å²) in [6.07, 6.45) is -0.0251. The van der Waals surface area contributed by atoms with Crippen LogP contribution in [0.1, 0.15) is 13.8 Å². The van der Waals surface area contributed by atoms with Gasteiger partial charge in [0.15, 0.2) is 0 Å². The summed E-state index contributed by atoms with van der Waals surface area (Å²) in [5.41, 5.74) is 0. The Labute approximate surface area is 108 Å². The van der Waals surface area contributed by atoms with Crippen LogP contribution in [-0.2, 0) is 29.3 Å². The molecule has 0 bridgehead atoms. The normalized spacial score (nSPS) is 15.3. The van der Waals surface area contributed by atoms with Gasteiger partial charge in [-0.15, -0.1) is 0 Å². The molecule has 0 aliphatic rings. The molecule has 0 rings (SSSR count). The van der Waals surface area contributed by atoms with Gasteiger partial charge in [-0.25, -0.2) is 16.9 Å². The summed E-state index contributed by atoms with van der Waals surface area (Å²) in [4.78, 5) is 0. The van der Waals surface area contributed by atoms with Crippen LogP contribution in [0, 0.1) is 0 Å². The molecule has 0 unspecified atom stereocenters. The molecule has 0 aliphatic carbocycles. The molecule has 1 atom stereocenters. The van der Waals surface area contributed by atoms with Crippen molar-refractivity contribution < 1.29 is 30.3 Å². The number of likely N-dealkylation sites (N-methyl/N-ethyl adjacent to an activating group) is 1. The maximum atomic E-state index is 11.2. The van der Waals surface area contributed by atoms with Gasteiger partial charge >= 0.3 is 10.4 Å². The summed E-state index contributed by atoms with van der Waals surface area (Å²) in [5.74, 6) is 0. The zero-order chi connectivity index (χ0) is 14.6. The monoisotopic (exact) mass is 305 g/mol. The van der Waals surface area contributed by atoms with Crippen LogP contribution in [-0.4, -0.2) is 64.4 Å². The highest BCUT2D eigenvalue weighted by Gasteiger charge is 2.21. The van der Waals surface area contributed by atoms with Crippen molar-refractivity contribution in [2.75, 3.05) is 26.5 Å². The molecule has 0 amide bonds. The quantitative estimate of drug-likeness (QED) is 0.601. The van der Waals surface area contributed by atoms with Crippen LogP contribution in [0.4, 0.5) is 0 Å². The summed E-state index contributed by atoms with van der Waals surface area (Å²) in [6.45, 7) is 2.88. The minimum Gasteiger partial charge on any atom is -0.372 e. The van der Waals surface area contributed by atoms with Crippen LogP contribution in [0.2, 0.25) is 0 Å². The molecule has 0 saturated heterocycles. The summed E-state index contributed by atoms with van der Waals surface area (Å²) >= 11 is 0. The van der Waals surface area contributed by atoms with E-state index < -0.39 is 33.1 Å². The van der Waals surface area contributed by atoms with Crippen molar-refractivity contribution in [1.82, 2.24) is 4.31 Å². The lowest BCUT2D eigenvalue weighted by Crippen LogP contribution is -2.39. The molecule has 8 nitrogen and oxygen atoms in total. The zero-order valence-electron chi connectivity index (χ0n) is 10.7. The summed E-state index contributed by atoms with van der Waals surface area (Å²) < 4.78 is 62.3. The standard InChI is InChI=1S/C8H19NO7S2/c1-7(2)16-8(6-15-18(12,13)14)5-9(3)17(4,10)11/h7-8H,5-6H2,1-4H3,(H,12,13,14)/t8-/m0/s1. The first-order valence-corrected chi connectivity index (χ1v) is 8.31. The number of ether oxygens (including phenoxy) is 1. The van der Waals surface area contributed by atoms with Gasteiger partial charge in [0.2, 0.25) is 10.0 Å². The van der Waals surface area contributed by atoms with Crippen LogP contribution in [0.15, 0.2) is 0 Å². The van der Waals surface area contributed by atoms with Crippen LogP contribution >= 0.6 is 0 Å². The molecule has 0 aromatic rings. The summed E-state index contributed by atoms with van der Waals surface area (Å²) in [5, 5.41) is 0. The van der Waals surface area contributed by atoms with Crippen LogP contribution in [0.5, 0.6) is 0 Å². The van der Waals surface area contributed by atoms with Gasteiger partial charge in [-0.3, -0.25) is 4.55 Å². The third-order valence-corrected chi connectivity index (χ3v) is 3.61. The molecule has 0 radical (unpaired) electrons. The molecule has 0 heterocycles. The predicted molar refractivity (Wildman–Crippen MR) is 65.0 cm³/mol. The Bertz CT molecular complexity index is 442. The third-order valence-electron chi connectivity index (χ3n) is 1.89. The van der Waals surface area contributed by atoms with Gasteiger partial charge in [-0.1, -0.05) is 0 Å². The summed E-state index contributed by atoms with van der Waals surface area (Å²) in [7, 11) is -6.64. The van der Waals surface area contributed by atoms with Crippen molar-refractivity contribution in [1.29, 1.82) is 0 Å². The second-order valence-electron chi connectivity index (χ2n) is 4.06. The Morgan fingerprint density at radius 3 is 2.06 bits per heavy atom. The topological polar surface area (TPSA) is 110 Å². The molecule has 1 N–H and O–H groups in total. The van der Waals surface area contributed by atoms with E-state index in [2.05, 4.69) is 4.18 Å². The van der Waals surface area contributed by atoms with E-state index >= 15 is 0 Å². The lowest BCUT2D eigenvalue weighted by atomic mass is 10.3. The Hall–Kier alpha value is -0.260. The Balaban J connectivity index is 4.59. The predicted octanol–water partition coefficient (Wildman–Crippen LogP) is -0.509. The van der Waals surface area contributed by atoms with Crippen molar-refractivity contribution in [3.63, 3.8) is 0 Å². The summed E-state index contributed by atoms with van der Waals surface area (Å²) in [6, 6.07) is 0. The van der Waals surface area contributed by atoms with Crippen molar-refractivity contribution in [3.8, 4) is 0 Å². The molecule has 0 aromatic carbocycles. The highest BCUT2D eigenvalue weighted by Crippen LogP contribution is 2.05. The first kappa shape index (κ1) is 17.7. The second-order valence-corrected chi connectivity index (χ2v) is 7.24. The maximum absolute atomic E-state index is 11.2. The largest absolute Gasteiger partial charge is 0.397 e. The van der Waals surface area contributed by atoms with Gasteiger partial charge in [0.05, 0.1) is 25.1 Å². The van der Waals surface area contributed by atoms with E-state index in [1.54, 1.807) is 13.8 Å². The van der Waals surface area contributed by atoms with Crippen molar-refractivity contribution in [2.24, 2.45) is 0 Å². The van der Waals surface area contributed by atoms with Crippen molar-refractivity contribution in [3.05, 3.63) is 0 Å². The molecule has 0 spiro atoms. The zero-order valence-corrected chi connectivity index (χ0v) is 12.4. The van der Waals surface area contributed by atoms with Gasteiger partial charge < -0.3 is 4.74 Å². The fourth-order valence-electron chi connectivity index (χ4n) is 1.10. The first-order chi connectivity index (χ1) is 7.92. The minimum absolute atomic E-state index is 0.0769. The van der Waals surface area contributed by atoms with Crippen molar-refractivity contribution in [2.45, 2.75) is 26.1 Å². The number of nitrogens with zero attached hydrogens (tertiary/aromatic N) is 1. The van der Waals surface area contributed by atoms with E-state index in [9.17, 15) is 16.8 Å². The highest BCUT2D eigenvalue weighted by atomic mass is 32.3. The van der Waals surface area contributed by atoms with E-state index in [1.807, 2.05) is 0 Å². The number of sulfonamides is 1. The molecular weight excluding hydrogens is 286 g/mol. The van der Waals surface area contributed by atoms with Gasteiger partial charge in [0.25, 0.3) is 0 Å². The maximum Gasteiger partial charge on any atom is 0.397 e. The molecule has 10 heteroatoms. The fourth-order valence-corrected chi connectivity index (χ4v) is 1.86. The average Bonchev–Trinajstić information content (AvgIpc) is 2.10. The SMILES string of the molecule is CC(C)O[C@H](COS(=O)(=O)O)CN(C)S(C)(=O)=O. The lowest BCUT2D eigenvalue weighted by Gasteiger charge is -2.24. The second kappa shape index (κ2) is 6.78. The van der Waals surface area contributed by atoms with Crippen molar-refractivity contribution >= 4 is 20.4 Å². The van der Waals surface area contributed by atoms with E-state index in [-0.39, 0.29) is 12.6 Å². The van der Waals surface area contributed by atoms with E-state index in [0.717, 1.165) is 10.6 Å². The van der Waals surface area contributed by atoms with E-state index in [1.165, 1.54) is 7.05 Å². The highest BCUT2D eigenvalue weighted by molar-refractivity contribution is 7.88. The lowest BCUT2D eigenvalue weighted by molar-refractivity contribution is -0.0237. The number of rotatable bonds is 8. The smallest absolute Gasteiger partial charge is 0.372 e. The van der Waals surface area contributed by atoms with Gasteiger partial charge in [0.1, 0.15) is 0 Å². The van der Waals surface area contributed by atoms with E-state index in [0.29, 0.717) is 0 Å². The van der Waals surface area contributed by atoms with Crippen LogP contribution in [0.3, 0.4) is 0 Å². The molecule has 18 heavy (non-hydrogen) atoms. The van der Waals surface area contributed by atoms with E-state index in [4.69, 9.17) is 9.29 Å². The Morgan fingerprint density at radius 2 is 1.72 bits per heavy atom. The Morgan fingerprint density at radius 1 is 1.22 bits per heavy atom. The third kappa shape index (κ3) is 8.78. The fraction of sp³-hybridized carbons (Fsp3) is 1.00. The molecular formula is C8H19NO7S2. The van der Waals surface area contributed by atoms with Gasteiger partial charge in [-0.2, -0.15) is 8.42 Å². The molecule has 0 saturated carbocycles. The average molecular weight is 305 g/mol. The molecule has 110 valence electrons. The van der Waals surface area contributed by atoms with Crippen LogP contribution < -0.4 is 0 Å². The molecule has 0 fully saturated rings. The number of hydrogen-bond acceptors (Lipinski definition) is 6. The molecule has 0 aliphatic heterocycles. The Kier molecular flexibility index (Phi) is 6.68. The van der Waals surface area contributed by atoms with Gasteiger partial charge in [-0.05, 0) is 13.8 Å². The van der Waals surface area contributed by atoms with Crippen LogP contribution in [0.25, 0.3) is 0 Å². The van der Waals surface area contributed by atoms with Gasteiger partial charge in [0, 0.05) is 13.6 Å². The minimum atomic E-state index is -4.57.